The maximum absolute atomic E-state index is 12.0. The predicted molar refractivity (Wildman–Crippen MR) is 92.4 cm³/mol. The Morgan fingerprint density at radius 2 is 2.12 bits per heavy atom. The van der Waals surface area contributed by atoms with Crippen molar-refractivity contribution in [3.63, 3.8) is 0 Å². The van der Waals surface area contributed by atoms with Crippen LogP contribution in [0.1, 0.15) is 35.2 Å². The Morgan fingerprint density at radius 3 is 2.76 bits per heavy atom. The number of rotatable bonds is 7. The summed E-state index contributed by atoms with van der Waals surface area (Å²) in [6, 6.07) is 5.01. The zero-order valence-electron chi connectivity index (χ0n) is 14.2. The molecule has 0 unspecified atom stereocenters. The van der Waals surface area contributed by atoms with Crippen LogP contribution in [0.3, 0.4) is 0 Å². The molecule has 0 radical (unpaired) electrons. The van der Waals surface area contributed by atoms with Gasteiger partial charge in [0, 0.05) is 24.9 Å². The molecule has 1 N–H and O–H groups in total. The van der Waals surface area contributed by atoms with E-state index in [0.717, 1.165) is 11.8 Å². The van der Waals surface area contributed by atoms with Crippen LogP contribution in [0.5, 0.6) is 5.75 Å². The number of ether oxygens (including phenoxy) is 1. The van der Waals surface area contributed by atoms with E-state index in [4.69, 9.17) is 9.39 Å². The van der Waals surface area contributed by atoms with Gasteiger partial charge in [-0.3, -0.25) is 4.79 Å². The molecule has 1 heterocycles. The van der Waals surface area contributed by atoms with Gasteiger partial charge in [0.2, 0.25) is 0 Å². The number of hydrogen-bond acceptors (Lipinski definition) is 7. The third-order valence-electron chi connectivity index (χ3n) is 4.09. The molecule has 0 bridgehead atoms. The van der Waals surface area contributed by atoms with Crippen LogP contribution in [0.2, 0.25) is 5.82 Å². The fourth-order valence-corrected chi connectivity index (χ4v) is 3.52. The van der Waals surface area contributed by atoms with E-state index in [2.05, 4.69) is 0 Å². The zero-order chi connectivity index (χ0) is 18.6. The molecule has 2 rings (SSSR count). The zero-order valence-corrected chi connectivity index (χ0v) is 15.0. The van der Waals surface area contributed by atoms with E-state index in [1.165, 1.54) is 7.11 Å². The van der Waals surface area contributed by atoms with Gasteiger partial charge in [-0.1, -0.05) is 12.1 Å². The van der Waals surface area contributed by atoms with E-state index in [1.54, 1.807) is 18.2 Å². The Labute approximate surface area is 147 Å². The number of methoxy groups -OCH3 is 1. The number of esters is 1. The smallest absolute Gasteiger partial charge is 0.526 e. The van der Waals surface area contributed by atoms with Crippen molar-refractivity contribution in [2.75, 3.05) is 19.1 Å². The van der Waals surface area contributed by atoms with Gasteiger partial charge >= 0.3 is 13.1 Å². The van der Waals surface area contributed by atoms with Gasteiger partial charge in [0.1, 0.15) is 26.9 Å². The summed E-state index contributed by atoms with van der Waals surface area (Å²) in [7, 11) is -3.04. The Morgan fingerprint density at radius 1 is 1.40 bits per heavy atom. The summed E-state index contributed by atoms with van der Waals surface area (Å²) in [4.78, 5) is 23.8. The van der Waals surface area contributed by atoms with Gasteiger partial charge in [0.05, 0.1) is 12.9 Å². The van der Waals surface area contributed by atoms with Crippen molar-refractivity contribution in [1.29, 1.82) is 0 Å². The maximum atomic E-state index is 12.0. The lowest BCUT2D eigenvalue weighted by Crippen LogP contribution is -2.35. The van der Waals surface area contributed by atoms with E-state index >= 15 is 0 Å². The highest BCUT2D eigenvalue weighted by molar-refractivity contribution is 7.90. The van der Waals surface area contributed by atoms with Crippen LogP contribution in [0.4, 0.5) is 0 Å². The van der Waals surface area contributed by atoms with Crippen LogP contribution >= 0.6 is 0 Å². The molecule has 1 aromatic rings. The molecule has 25 heavy (non-hydrogen) atoms. The highest BCUT2D eigenvalue weighted by Crippen LogP contribution is 2.36. The van der Waals surface area contributed by atoms with Gasteiger partial charge in [-0.2, -0.15) is 0 Å². The largest absolute Gasteiger partial charge is 0.535 e. The van der Waals surface area contributed by atoms with Crippen molar-refractivity contribution in [2.45, 2.75) is 31.5 Å². The number of carbonyl (C=O) groups is 2. The van der Waals surface area contributed by atoms with Gasteiger partial charge in [-0.05, 0) is 24.5 Å². The Kier molecular flexibility index (Phi) is 6.23. The number of benzene rings is 1. The molecular formula is C16H21BO7S. The van der Waals surface area contributed by atoms with Gasteiger partial charge < -0.3 is 14.4 Å². The summed E-state index contributed by atoms with van der Waals surface area (Å²) < 4.78 is 32.4. The van der Waals surface area contributed by atoms with E-state index in [0.29, 0.717) is 6.42 Å². The fourth-order valence-electron chi connectivity index (χ4n) is 2.85. The molecule has 1 aromatic carbocycles. The summed E-state index contributed by atoms with van der Waals surface area (Å²) in [6.45, 7) is 0. The summed E-state index contributed by atoms with van der Waals surface area (Å²) in [5.41, 5.74) is 0.958. The molecular weight excluding hydrogens is 347 g/mol. The lowest BCUT2D eigenvalue weighted by Gasteiger charge is -2.28. The predicted octanol–water partition coefficient (Wildman–Crippen LogP) is 1.04. The number of sulfone groups is 1. The van der Waals surface area contributed by atoms with Crippen LogP contribution < -0.4 is 4.65 Å². The quantitative estimate of drug-likeness (QED) is 0.566. The summed E-state index contributed by atoms with van der Waals surface area (Å²) in [6.07, 6.45) is 2.02. The van der Waals surface area contributed by atoms with Crippen molar-refractivity contribution in [1.82, 2.24) is 0 Å². The van der Waals surface area contributed by atoms with Crippen molar-refractivity contribution in [2.24, 2.45) is 0 Å². The van der Waals surface area contributed by atoms with Gasteiger partial charge in [-0.25, -0.2) is 13.2 Å². The Bertz CT molecular complexity index is 760. The SMILES string of the molecule is COC(=O)c1cccc2c1OB(O)[C@@H](CC(=O)CCCS(C)(=O)=O)C2. The molecule has 1 aliphatic rings. The fraction of sp³-hybridized carbons (Fsp3) is 0.500. The van der Waals surface area contributed by atoms with E-state index < -0.39 is 28.7 Å². The first-order chi connectivity index (χ1) is 11.7. The molecule has 1 atom stereocenters. The molecule has 7 nitrogen and oxygen atoms in total. The first kappa shape index (κ1) is 19.5. The lowest BCUT2D eigenvalue weighted by atomic mass is 9.64. The number of ketones is 1. The molecule has 1 aliphatic heterocycles. The van der Waals surface area contributed by atoms with E-state index in [1.807, 2.05) is 0 Å². The van der Waals surface area contributed by atoms with E-state index in [-0.39, 0.29) is 42.1 Å². The van der Waals surface area contributed by atoms with Gasteiger partial charge in [0.15, 0.2) is 0 Å². The third kappa shape index (κ3) is 5.30. The molecule has 9 heteroatoms. The first-order valence-electron chi connectivity index (χ1n) is 7.95. The monoisotopic (exact) mass is 368 g/mol. The second-order valence-electron chi connectivity index (χ2n) is 6.23. The number of carbonyl (C=O) groups excluding carboxylic acids is 2. The molecule has 0 amide bonds. The standard InChI is InChI=1S/C16H21BO7S/c1-23-16(19)14-7-3-5-11-9-12(17(20)24-15(11)14)10-13(18)6-4-8-25(2,21)22/h3,5,7,12,20H,4,6,8-10H2,1-2H3/t12-/m1/s1. The topological polar surface area (TPSA) is 107 Å². The number of Topliss-reactive ketones (excluding diaryl/α,β-unsaturated/α-hetero) is 1. The van der Waals surface area contributed by atoms with Crippen LogP contribution in [-0.4, -0.2) is 51.4 Å². The summed E-state index contributed by atoms with van der Waals surface area (Å²) >= 11 is 0. The second kappa shape index (κ2) is 8.01. The van der Waals surface area contributed by atoms with E-state index in [9.17, 15) is 23.0 Å². The van der Waals surface area contributed by atoms with Crippen molar-refractivity contribution >= 4 is 28.7 Å². The Balaban J connectivity index is 2.02. The van der Waals surface area contributed by atoms with Crippen LogP contribution in [0.25, 0.3) is 0 Å². The third-order valence-corrected chi connectivity index (χ3v) is 5.12. The highest BCUT2D eigenvalue weighted by Gasteiger charge is 2.37. The lowest BCUT2D eigenvalue weighted by molar-refractivity contribution is -0.119. The molecule has 0 aromatic heterocycles. The van der Waals surface area contributed by atoms with Gasteiger partial charge in [0.25, 0.3) is 0 Å². The number of hydrogen-bond donors (Lipinski definition) is 1. The number of para-hydroxylation sites is 1. The average molecular weight is 368 g/mol. The maximum Gasteiger partial charge on any atom is 0.526 e. The molecule has 0 fully saturated rings. The molecule has 136 valence electrons. The van der Waals surface area contributed by atoms with Crippen molar-refractivity contribution in [3.8, 4) is 5.75 Å². The average Bonchev–Trinajstić information content (AvgIpc) is 2.53. The summed E-state index contributed by atoms with van der Waals surface area (Å²) in [5, 5.41) is 10.2. The second-order valence-corrected chi connectivity index (χ2v) is 8.49. The Hall–Kier alpha value is -1.87. The van der Waals surface area contributed by atoms with Crippen LogP contribution in [-0.2, 0) is 25.8 Å². The normalized spacial score (nSPS) is 16.8. The van der Waals surface area contributed by atoms with Crippen LogP contribution in [0.15, 0.2) is 18.2 Å². The number of fused-ring (bicyclic) bond motifs is 1. The minimum Gasteiger partial charge on any atom is -0.535 e. The molecule has 0 aliphatic carbocycles. The molecule has 0 saturated heterocycles. The van der Waals surface area contributed by atoms with Crippen molar-refractivity contribution in [3.05, 3.63) is 29.3 Å². The molecule has 0 saturated carbocycles. The van der Waals surface area contributed by atoms with Gasteiger partial charge in [-0.15, -0.1) is 0 Å². The minimum absolute atomic E-state index is 0.0339. The van der Waals surface area contributed by atoms with Crippen LogP contribution in [0, 0.1) is 0 Å². The molecule has 0 spiro atoms. The minimum atomic E-state index is -3.09. The summed E-state index contributed by atoms with van der Waals surface area (Å²) in [5.74, 6) is -0.870. The van der Waals surface area contributed by atoms with Crippen molar-refractivity contribution < 1.29 is 32.4 Å². The highest BCUT2D eigenvalue weighted by atomic mass is 32.2. The first-order valence-corrected chi connectivity index (χ1v) is 10.0.